The molecule has 1 aromatic heterocycles. The lowest BCUT2D eigenvalue weighted by Crippen LogP contribution is -2.30. The Balaban J connectivity index is 1.64. The highest BCUT2D eigenvalue weighted by atomic mass is 35.5. The van der Waals surface area contributed by atoms with Crippen molar-refractivity contribution >= 4 is 40.5 Å². The molecule has 0 aliphatic heterocycles. The lowest BCUT2D eigenvalue weighted by Gasteiger charge is -2.15. The molecule has 0 fully saturated rings. The molecule has 1 aliphatic carbocycles. The van der Waals surface area contributed by atoms with Crippen LogP contribution >= 0.6 is 22.9 Å². The molecule has 0 saturated heterocycles. The molecule has 1 aromatic carbocycles. The first-order valence-corrected chi connectivity index (χ1v) is 9.14. The Hall–Kier alpha value is -2.05. The van der Waals surface area contributed by atoms with Crippen molar-refractivity contribution < 1.29 is 19.1 Å². The summed E-state index contributed by atoms with van der Waals surface area (Å²) in [5.74, 6) is -0.441. The van der Waals surface area contributed by atoms with Crippen molar-refractivity contribution in [2.45, 2.75) is 32.3 Å². The van der Waals surface area contributed by atoms with Crippen molar-refractivity contribution in [1.29, 1.82) is 0 Å². The minimum Gasteiger partial charge on any atom is -0.495 e. The first-order chi connectivity index (χ1) is 12.0. The second-order valence-corrected chi connectivity index (χ2v) is 7.37. The summed E-state index contributed by atoms with van der Waals surface area (Å²) in [6, 6.07) is 6.77. The molecular weight excluding hydrogens is 362 g/mol. The van der Waals surface area contributed by atoms with Gasteiger partial charge in [0.15, 0.2) is 6.10 Å². The number of anilines is 1. The van der Waals surface area contributed by atoms with Gasteiger partial charge in [-0.1, -0.05) is 11.6 Å². The number of esters is 1. The lowest BCUT2D eigenvalue weighted by atomic mass is 10.2. The molecule has 25 heavy (non-hydrogen) atoms. The van der Waals surface area contributed by atoms with Gasteiger partial charge in [-0.05, 0) is 56.0 Å². The lowest BCUT2D eigenvalue weighted by molar-refractivity contribution is -0.123. The number of rotatable bonds is 5. The third-order valence-electron chi connectivity index (χ3n) is 4.02. The summed E-state index contributed by atoms with van der Waals surface area (Å²) in [5.41, 5.74) is 1.65. The third-order valence-corrected chi connectivity index (χ3v) is 5.47. The Morgan fingerprint density at radius 1 is 1.28 bits per heavy atom. The zero-order valence-electron chi connectivity index (χ0n) is 13.9. The van der Waals surface area contributed by atoms with Crippen LogP contribution in [-0.2, 0) is 22.4 Å². The highest BCUT2D eigenvalue weighted by molar-refractivity contribution is 7.14. The molecule has 2 aromatic rings. The SMILES string of the molecule is COc1ccc(Cl)cc1NC(=O)C(C)OC(=O)c1cc2c(s1)CCC2. The Kier molecular flexibility index (Phi) is 5.30. The summed E-state index contributed by atoms with van der Waals surface area (Å²) in [7, 11) is 1.50. The van der Waals surface area contributed by atoms with E-state index >= 15 is 0 Å². The van der Waals surface area contributed by atoms with Gasteiger partial charge in [0.1, 0.15) is 10.6 Å². The molecule has 0 saturated carbocycles. The second kappa shape index (κ2) is 7.45. The summed E-state index contributed by atoms with van der Waals surface area (Å²) in [5, 5.41) is 3.14. The van der Waals surface area contributed by atoms with E-state index in [0.717, 1.165) is 19.3 Å². The van der Waals surface area contributed by atoms with Crippen LogP contribution in [-0.4, -0.2) is 25.1 Å². The average Bonchev–Trinajstić information content (AvgIpc) is 3.16. The number of methoxy groups -OCH3 is 1. The second-order valence-electron chi connectivity index (χ2n) is 5.79. The number of aryl methyl sites for hydroxylation is 2. The van der Waals surface area contributed by atoms with Gasteiger partial charge in [0.2, 0.25) is 0 Å². The van der Waals surface area contributed by atoms with Crippen LogP contribution in [0.5, 0.6) is 5.75 Å². The molecule has 7 heteroatoms. The average molecular weight is 380 g/mol. The van der Waals surface area contributed by atoms with Crippen LogP contribution in [0, 0.1) is 0 Å². The van der Waals surface area contributed by atoms with Crippen LogP contribution in [0.2, 0.25) is 5.02 Å². The minimum atomic E-state index is -0.937. The van der Waals surface area contributed by atoms with Gasteiger partial charge in [0.05, 0.1) is 12.8 Å². The number of carbonyl (C=O) groups is 2. The molecule has 1 amide bonds. The number of thiophene rings is 1. The van der Waals surface area contributed by atoms with Gasteiger partial charge >= 0.3 is 5.97 Å². The number of carbonyl (C=O) groups excluding carboxylic acids is 2. The van der Waals surface area contributed by atoms with Crippen LogP contribution in [0.15, 0.2) is 24.3 Å². The highest BCUT2D eigenvalue weighted by Crippen LogP contribution is 2.31. The Labute approximate surface area is 154 Å². The topological polar surface area (TPSA) is 64.6 Å². The van der Waals surface area contributed by atoms with Crippen molar-refractivity contribution in [3.05, 3.63) is 44.6 Å². The number of hydrogen-bond acceptors (Lipinski definition) is 5. The molecule has 1 heterocycles. The Morgan fingerprint density at radius 3 is 2.80 bits per heavy atom. The Bertz CT molecular complexity index is 796. The van der Waals surface area contributed by atoms with Crippen LogP contribution < -0.4 is 10.1 Å². The predicted octanol–water partition coefficient (Wildman–Crippen LogP) is 4.08. The Morgan fingerprint density at radius 2 is 2.08 bits per heavy atom. The molecule has 3 rings (SSSR count). The monoisotopic (exact) mass is 379 g/mol. The van der Waals surface area contributed by atoms with E-state index in [0.29, 0.717) is 21.3 Å². The first-order valence-electron chi connectivity index (χ1n) is 7.95. The minimum absolute atomic E-state index is 0.429. The van der Waals surface area contributed by atoms with Gasteiger partial charge in [-0.15, -0.1) is 11.3 Å². The van der Waals surface area contributed by atoms with Gasteiger partial charge < -0.3 is 14.8 Å². The van der Waals surface area contributed by atoms with E-state index in [1.54, 1.807) is 18.2 Å². The zero-order chi connectivity index (χ0) is 18.0. The number of amides is 1. The molecule has 1 aliphatic rings. The summed E-state index contributed by atoms with van der Waals surface area (Å²) >= 11 is 7.40. The van der Waals surface area contributed by atoms with Crippen molar-refractivity contribution in [3.8, 4) is 5.75 Å². The largest absolute Gasteiger partial charge is 0.495 e. The quantitative estimate of drug-likeness (QED) is 0.795. The van der Waals surface area contributed by atoms with Gasteiger partial charge in [-0.25, -0.2) is 4.79 Å². The molecular formula is C18H18ClNO4S. The van der Waals surface area contributed by atoms with E-state index in [-0.39, 0.29) is 0 Å². The summed E-state index contributed by atoms with van der Waals surface area (Å²) in [6.07, 6.45) is 2.21. The molecule has 132 valence electrons. The van der Waals surface area contributed by atoms with Gasteiger partial charge in [-0.2, -0.15) is 0 Å². The molecule has 0 bridgehead atoms. The highest BCUT2D eigenvalue weighted by Gasteiger charge is 2.24. The fourth-order valence-electron chi connectivity index (χ4n) is 2.71. The van der Waals surface area contributed by atoms with E-state index < -0.39 is 18.0 Å². The predicted molar refractivity (Wildman–Crippen MR) is 97.9 cm³/mol. The van der Waals surface area contributed by atoms with Crippen molar-refractivity contribution in [1.82, 2.24) is 0 Å². The summed E-state index contributed by atoms with van der Waals surface area (Å²) in [4.78, 5) is 26.4. The van der Waals surface area contributed by atoms with Crippen LogP contribution in [0.1, 0.15) is 33.5 Å². The van der Waals surface area contributed by atoms with Crippen LogP contribution in [0.3, 0.4) is 0 Å². The van der Waals surface area contributed by atoms with E-state index in [1.807, 2.05) is 6.07 Å². The van der Waals surface area contributed by atoms with Gasteiger partial charge in [0, 0.05) is 9.90 Å². The zero-order valence-corrected chi connectivity index (χ0v) is 15.5. The van der Waals surface area contributed by atoms with Gasteiger partial charge in [-0.3, -0.25) is 4.79 Å². The van der Waals surface area contributed by atoms with Gasteiger partial charge in [0.25, 0.3) is 5.91 Å². The molecule has 0 radical (unpaired) electrons. The maximum absolute atomic E-state index is 12.3. The normalized spacial score (nSPS) is 13.9. The number of ether oxygens (including phenoxy) is 2. The number of halogens is 1. The number of benzene rings is 1. The van der Waals surface area contributed by atoms with Crippen LogP contribution in [0.4, 0.5) is 5.69 Å². The third kappa shape index (κ3) is 3.96. The van der Waals surface area contributed by atoms with Crippen molar-refractivity contribution in [2.75, 3.05) is 12.4 Å². The standard InChI is InChI=1S/C18H18ClNO4S/c1-10(17(21)20-13-9-12(19)6-7-14(13)23-2)24-18(22)16-8-11-4-3-5-15(11)25-16/h6-10H,3-5H2,1-2H3,(H,20,21). The van der Waals surface area contributed by atoms with E-state index in [4.69, 9.17) is 21.1 Å². The van der Waals surface area contributed by atoms with E-state index in [2.05, 4.69) is 5.32 Å². The maximum atomic E-state index is 12.3. The summed E-state index contributed by atoms with van der Waals surface area (Å²) < 4.78 is 10.5. The number of hydrogen-bond donors (Lipinski definition) is 1. The van der Waals surface area contributed by atoms with Crippen molar-refractivity contribution in [2.24, 2.45) is 0 Å². The maximum Gasteiger partial charge on any atom is 0.349 e. The fraction of sp³-hybridized carbons (Fsp3) is 0.333. The van der Waals surface area contributed by atoms with E-state index in [9.17, 15) is 9.59 Å². The molecule has 5 nitrogen and oxygen atoms in total. The fourth-order valence-corrected chi connectivity index (χ4v) is 4.02. The van der Waals surface area contributed by atoms with Crippen molar-refractivity contribution in [3.63, 3.8) is 0 Å². The summed E-state index contributed by atoms with van der Waals surface area (Å²) in [6.45, 7) is 1.53. The smallest absolute Gasteiger partial charge is 0.349 e. The number of nitrogens with one attached hydrogen (secondary N) is 1. The molecule has 1 N–H and O–H groups in total. The first kappa shape index (κ1) is 17.8. The van der Waals surface area contributed by atoms with Crippen LogP contribution in [0.25, 0.3) is 0 Å². The number of fused-ring (bicyclic) bond motifs is 1. The molecule has 1 unspecified atom stereocenters. The molecule has 1 atom stereocenters. The molecule has 0 spiro atoms. The van der Waals surface area contributed by atoms with E-state index in [1.165, 1.54) is 35.8 Å².